The first kappa shape index (κ1) is 24.3. The average Bonchev–Trinajstić information content (AvgIpc) is 2.83. The van der Waals surface area contributed by atoms with Crippen molar-refractivity contribution in [1.29, 1.82) is 0 Å². The van der Waals surface area contributed by atoms with Crippen LogP contribution in [0.25, 0.3) is 11.1 Å². The first-order chi connectivity index (χ1) is 16.3. The van der Waals surface area contributed by atoms with Crippen molar-refractivity contribution in [3.05, 3.63) is 88.4 Å². The van der Waals surface area contributed by atoms with E-state index >= 15 is 0 Å². The number of carbonyl (C=O) groups is 1. The van der Waals surface area contributed by atoms with Gasteiger partial charge in [0.2, 0.25) is 0 Å². The number of benzene rings is 3. The van der Waals surface area contributed by atoms with Crippen LogP contribution in [-0.4, -0.2) is 11.6 Å². The number of ether oxygens (including phenoxy) is 2. The second-order valence-electron chi connectivity index (χ2n) is 10.1. The van der Waals surface area contributed by atoms with Crippen molar-refractivity contribution >= 4 is 17.6 Å². The Balaban J connectivity index is 1.55. The number of hydrogen-bond acceptors (Lipinski definition) is 3. The van der Waals surface area contributed by atoms with Crippen LogP contribution < -0.4 is 4.74 Å². The first-order valence-electron chi connectivity index (χ1n) is 12.1. The van der Waals surface area contributed by atoms with Crippen molar-refractivity contribution < 1.29 is 14.3 Å². The van der Waals surface area contributed by atoms with Crippen molar-refractivity contribution in [3.63, 3.8) is 0 Å². The lowest BCUT2D eigenvalue weighted by Crippen LogP contribution is -2.24. The summed E-state index contributed by atoms with van der Waals surface area (Å²) in [6.07, 6.45) is 6.56. The van der Waals surface area contributed by atoms with Gasteiger partial charge in [0.15, 0.2) is 0 Å². The molecule has 0 aromatic heterocycles. The molecule has 0 N–H and O–H groups in total. The molecule has 0 aliphatic heterocycles. The maximum atomic E-state index is 12.7. The molecule has 3 nitrogen and oxygen atoms in total. The summed E-state index contributed by atoms with van der Waals surface area (Å²) in [7, 11) is 0. The summed E-state index contributed by atoms with van der Waals surface area (Å²) in [5, 5.41) is 0.685. The van der Waals surface area contributed by atoms with Gasteiger partial charge in [-0.3, -0.25) is 0 Å². The third kappa shape index (κ3) is 6.42. The van der Waals surface area contributed by atoms with Crippen LogP contribution in [0.1, 0.15) is 80.3 Å². The van der Waals surface area contributed by atoms with Gasteiger partial charge in [0, 0.05) is 5.02 Å². The fourth-order valence-corrected chi connectivity index (χ4v) is 4.65. The summed E-state index contributed by atoms with van der Waals surface area (Å²) in [4.78, 5) is 12.7. The molecule has 3 aromatic rings. The summed E-state index contributed by atoms with van der Waals surface area (Å²) >= 11 is 6.09. The SMILES string of the molecule is CC(C)(C)OC(=O)c1ccc(-c2ccc(Cl)cc2)c(COc2ccc(C3CCCCC3)cc2)c1. The Labute approximate surface area is 208 Å². The van der Waals surface area contributed by atoms with Gasteiger partial charge in [-0.25, -0.2) is 4.79 Å². The molecule has 0 spiro atoms. The van der Waals surface area contributed by atoms with Gasteiger partial charge in [0.25, 0.3) is 0 Å². The summed E-state index contributed by atoms with van der Waals surface area (Å²) in [5.74, 6) is 1.15. The van der Waals surface area contributed by atoms with Gasteiger partial charge in [-0.2, -0.15) is 0 Å². The van der Waals surface area contributed by atoms with Gasteiger partial charge in [0.05, 0.1) is 5.56 Å². The number of esters is 1. The van der Waals surface area contributed by atoms with E-state index in [0.717, 1.165) is 22.4 Å². The van der Waals surface area contributed by atoms with E-state index in [-0.39, 0.29) is 5.97 Å². The van der Waals surface area contributed by atoms with Crippen molar-refractivity contribution in [2.75, 3.05) is 0 Å². The zero-order valence-electron chi connectivity index (χ0n) is 20.3. The normalized spacial score (nSPS) is 14.6. The summed E-state index contributed by atoms with van der Waals surface area (Å²) in [6, 6.07) is 21.8. The lowest BCUT2D eigenvalue weighted by molar-refractivity contribution is 0.00694. The number of carbonyl (C=O) groups excluding carboxylic acids is 1. The van der Waals surface area contributed by atoms with Crippen LogP contribution in [0.3, 0.4) is 0 Å². The number of halogens is 1. The molecule has 1 aliphatic carbocycles. The molecule has 3 aromatic carbocycles. The Kier molecular flexibility index (Phi) is 7.63. The van der Waals surface area contributed by atoms with E-state index < -0.39 is 5.60 Å². The lowest BCUT2D eigenvalue weighted by atomic mass is 9.84. The minimum Gasteiger partial charge on any atom is -0.489 e. The third-order valence-corrected chi connectivity index (χ3v) is 6.50. The number of rotatable bonds is 6. The quantitative estimate of drug-likeness (QED) is 0.334. The summed E-state index contributed by atoms with van der Waals surface area (Å²) < 4.78 is 11.8. The van der Waals surface area contributed by atoms with E-state index in [9.17, 15) is 4.79 Å². The highest BCUT2D eigenvalue weighted by Gasteiger charge is 2.20. The molecular formula is C30H33ClO3. The molecule has 178 valence electrons. The van der Waals surface area contributed by atoms with E-state index in [0.29, 0.717) is 23.1 Å². The molecule has 0 amide bonds. The van der Waals surface area contributed by atoms with Gasteiger partial charge in [-0.1, -0.05) is 61.2 Å². The molecule has 0 radical (unpaired) electrons. The van der Waals surface area contributed by atoms with Crippen LogP contribution in [-0.2, 0) is 11.3 Å². The molecule has 4 rings (SSSR count). The van der Waals surface area contributed by atoms with Crippen LogP contribution in [0.5, 0.6) is 5.75 Å². The highest BCUT2D eigenvalue weighted by molar-refractivity contribution is 6.30. The molecule has 1 aliphatic rings. The number of hydrogen-bond donors (Lipinski definition) is 0. The maximum absolute atomic E-state index is 12.7. The Morgan fingerprint density at radius 3 is 2.24 bits per heavy atom. The van der Waals surface area contributed by atoms with Gasteiger partial charge in [-0.15, -0.1) is 0 Å². The highest BCUT2D eigenvalue weighted by Crippen LogP contribution is 2.34. The zero-order valence-corrected chi connectivity index (χ0v) is 21.0. The fraction of sp³-hybridized carbons (Fsp3) is 0.367. The van der Waals surface area contributed by atoms with Crippen molar-refractivity contribution in [2.24, 2.45) is 0 Å². The van der Waals surface area contributed by atoms with Crippen LogP contribution in [0.2, 0.25) is 5.02 Å². The molecule has 1 fully saturated rings. The van der Waals surface area contributed by atoms with E-state index in [4.69, 9.17) is 21.1 Å². The van der Waals surface area contributed by atoms with E-state index in [1.807, 2.05) is 57.2 Å². The van der Waals surface area contributed by atoms with Crippen molar-refractivity contribution in [2.45, 2.75) is 71.0 Å². The topological polar surface area (TPSA) is 35.5 Å². The molecule has 34 heavy (non-hydrogen) atoms. The van der Waals surface area contributed by atoms with E-state index in [1.165, 1.54) is 37.7 Å². The van der Waals surface area contributed by atoms with Gasteiger partial charge >= 0.3 is 5.97 Å². The molecule has 0 bridgehead atoms. The minimum absolute atomic E-state index is 0.340. The molecule has 0 atom stereocenters. The molecule has 1 saturated carbocycles. The smallest absolute Gasteiger partial charge is 0.338 e. The predicted octanol–water partition coefficient (Wildman–Crippen LogP) is 8.59. The predicted molar refractivity (Wildman–Crippen MR) is 139 cm³/mol. The molecule has 0 saturated heterocycles. The van der Waals surface area contributed by atoms with Crippen LogP contribution in [0.4, 0.5) is 0 Å². The van der Waals surface area contributed by atoms with Crippen LogP contribution >= 0.6 is 11.6 Å². The highest BCUT2D eigenvalue weighted by atomic mass is 35.5. The van der Waals surface area contributed by atoms with E-state index in [2.05, 4.69) is 24.3 Å². The zero-order chi connectivity index (χ0) is 24.1. The Bertz CT molecular complexity index is 1110. The van der Waals surface area contributed by atoms with Gasteiger partial charge in [-0.05, 0) is 98.2 Å². The molecule has 4 heteroatoms. The lowest BCUT2D eigenvalue weighted by Gasteiger charge is -2.22. The first-order valence-corrected chi connectivity index (χ1v) is 12.5. The average molecular weight is 477 g/mol. The Morgan fingerprint density at radius 2 is 1.59 bits per heavy atom. The Morgan fingerprint density at radius 1 is 0.912 bits per heavy atom. The van der Waals surface area contributed by atoms with Crippen molar-refractivity contribution in [1.82, 2.24) is 0 Å². The minimum atomic E-state index is -0.553. The third-order valence-electron chi connectivity index (χ3n) is 6.25. The monoisotopic (exact) mass is 476 g/mol. The fourth-order valence-electron chi connectivity index (χ4n) is 4.52. The molecular weight excluding hydrogens is 444 g/mol. The van der Waals surface area contributed by atoms with Crippen molar-refractivity contribution in [3.8, 4) is 16.9 Å². The summed E-state index contributed by atoms with van der Waals surface area (Å²) in [5.41, 5.74) is 4.30. The van der Waals surface area contributed by atoms with Crippen LogP contribution in [0, 0.1) is 0 Å². The van der Waals surface area contributed by atoms with Gasteiger partial charge in [0.1, 0.15) is 18.0 Å². The van der Waals surface area contributed by atoms with Crippen LogP contribution in [0.15, 0.2) is 66.7 Å². The van der Waals surface area contributed by atoms with E-state index in [1.54, 1.807) is 6.07 Å². The maximum Gasteiger partial charge on any atom is 0.338 e. The second-order valence-corrected chi connectivity index (χ2v) is 10.5. The Hall–Kier alpha value is -2.78. The standard InChI is InChI=1S/C30H33ClO3/c1-30(2,3)34-29(32)24-13-18-28(23-9-14-26(31)15-10-23)25(19-24)20-33-27-16-11-22(12-17-27)21-7-5-4-6-8-21/h9-19,21H,4-8,20H2,1-3H3. The van der Waals surface area contributed by atoms with Gasteiger partial charge < -0.3 is 9.47 Å². The summed E-state index contributed by atoms with van der Waals surface area (Å²) in [6.45, 7) is 5.95. The second kappa shape index (κ2) is 10.7. The molecule has 0 unspecified atom stereocenters. The largest absolute Gasteiger partial charge is 0.489 e. The molecule has 0 heterocycles.